The molecule has 1 atom stereocenters. The molecule has 0 saturated carbocycles. The highest BCUT2D eigenvalue weighted by molar-refractivity contribution is 5.24. The van der Waals surface area contributed by atoms with E-state index in [-0.39, 0.29) is 0 Å². The molecule has 1 aromatic rings. The van der Waals surface area contributed by atoms with Gasteiger partial charge in [0.05, 0.1) is 6.54 Å². The SMILES string of the molecule is CN1CCC(N(C)Cc2nccc(N)n2)C1. The van der Waals surface area contributed by atoms with Crippen LogP contribution in [0, 0.1) is 0 Å². The smallest absolute Gasteiger partial charge is 0.144 e. The van der Waals surface area contributed by atoms with Gasteiger partial charge in [-0.2, -0.15) is 0 Å². The van der Waals surface area contributed by atoms with Gasteiger partial charge in [0.1, 0.15) is 11.6 Å². The van der Waals surface area contributed by atoms with Crippen LogP contribution in [-0.4, -0.2) is 53.0 Å². The molecule has 0 amide bonds. The van der Waals surface area contributed by atoms with E-state index in [2.05, 4.69) is 33.9 Å². The molecule has 16 heavy (non-hydrogen) atoms. The highest BCUT2D eigenvalue weighted by Crippen LogP contribution is 2.14. The summed E-state index contributed by atoms with van der Waals surface area (Å²) in [6.45, 7) is 3.06. The minimum atomic E-state index is 0.543. The molecule has 1 unspecified atom stereocenters. The van der Waals surface area contributed by atoms with Crippen LogP contribution in [0.4, 0.5) is 5.82 Å². The van der Waals surface area contributed by atoms with Crippen LogP contribution < -0.4 is 5.73 Å². The molecule has 0 aliphatic carbocycles. The van der Waals surface area contributed by atoms with Crippen LogP contribution >= 0.6 is 0 Å². The number of aromatic nitrogens is 2. The van der Waals surface area contributed by atoms with Crippen molar-refractivity contribution >= 4 is 5.82 Å². The van der Waals surface area contributed by atoms with E-state index in [1.54, 1.807) is 12.3 Å². The zero-order valence-electron chi connectivity index (χ0n) is 9.93. The van der Waals surface area contributed by atoms with Gasteiger partial charge in [0.25, 0.3) is 0 Å². The summed E-state index contributed by atoms with van der Waals surface area (Å²) in [5, 5.41) is 0. The first kappa shape index (κ1) is 11.3. The molecule has 0 aromatic carbocycles. The van der Waals surface area contributed by atoms with E-state index in [9.17, 15) is 0 Å². The van der Waals surface area contributed by atoms with E-state index in [0.717, 1.165) is 18.9 Å². The molecule has 1 aliphatic heterocycles. The average molecular weight is 221 g/mol. The van der Waals surface area contributed by atoms with Crippen molar-refractivity contribution in [1.29, 1.82) is 0 Å². The Labute approximate surface area is 96.3 Å². The highest BCUT2D eigenvalue weighted by Gasteiger charge is 2.23. The van der Waals surface area contributed by atoms with Crippen molar-refractivity contribution in [3.8, 4) is 0 Å². The number of hydrogen-bond acceptors (Lipinski definition) is 5. The highest BCUT2D eigenvalue weighted by atomic mass is 15.2. The predicted octanol–water partition coefficient (Wildman–Crippen LogP) is 0.195. The van der Waals surface area contributed by atoms with Crippen LogP contribution in [0.15, 0.2) is 12.3 Å². The molecule has 1 saturated heterocycles. The van der Waals surface area contributed by atoms with Crippen molar-refractivity contribution < 1.29 is 0 Å². The van der Waals surface area contributed by atoms with Gasteiger partial charge in [-0.25, -0.2) is 9.97 Å². The summed E-state index contributed by atoms with van der Waals surface area (Å²) in [6, 6.07) is 2.32. The Balaban J connectivity index is 1.94. The van der Waals surface area contributed by atoms with Crippen molar-refractivity contribution in [2.45, 2.75) is 19.0 Å². The molecule has 1 aromatic heterocycles. The van der Waals surface area contributed by atoms with E-state index in [0.29, 0.717) is 11.9 Å². The van der Waals surface area contributed by atoms with Crippen molar-refractivity contribution in [3.05, 3.63) is 18.1 Å². The van der Waals surface area contributed by atoms with Crippen LogP contribution in [0.1, 0.15) is 12.2 Å². The molecular formula is C11H19N5. The molecule has 1 fully saturated rings. The standard InChI is InChI=1S/C11H19N5/c1-15-6-4-9(7-15)16(2)8-11-13-5-3-10(12)14-11/h3,5,9H,4,6-8H2,1-2H3,(H2,12,13,14). The Morgan fingerprint density at radius 1 is 1.62 bits per heavy atom. The van der Waals surface area contributed by atoms with Crippen molar-refractivity contribution in [2.24, 2.45) is 0 Å². The van der Waals surface area contributed by atoms with Gasteiger partial charge in [0.15, 0.2) is 0 Å². The van der Waals surface area contributed by atoms with E-state index in [1.807, 2.05) is 0 Å². The molecule has 0 spiro atoms. The molecule has 88 valence electrons. The third-order valence-corrected chi connectivity index (χ3v) is 3.11. The normalized spacial score (nSPS) is 21.8. The monoisotopic (exact) mass is 221 g/mol. The minimum absolute atomic E-state index is 0.543. The molecule has 2 N–H and O–H groups in total. The first-order chi connectivity index (χ1) is 7.65. The number of rotatable bonds is 3. The molecule has 5 nitrogen and oxygen atoms in total. The summed E-state index contributed by atoms with van der Waals surface area (Å²) in [6.07, 6.45) is 2.93. The summed E-state index contributed by atoms with van der Waals surface area (Å²) in [5.74, 6) is 1.35. The van der Waals surface area contributed by atoms with E-state index in [1.165, 1.54) is 13.0 Å². The largest absolute Gasteiger partial charge is 0.384 e. The van der Waals surface area contributed by atoms with Crippen LogP contribution in [0.2, 0.25) is 0 Å². The maximum absolute atomic E-state index is 5.63. The second kappa shape index (κ2) is 4.76. The third kappa shape index (κ3) is 2.68. The first-order valence-electron chi connectivity index (χ1n) is 5.61. The summed E-state index contributed by atoms with van der Waals surface area (Å²) in [4.78, 5) is 13.1. The number of likely N-dealkylation sites (N-methyl/N-ethyl adjacent to an activating group) is 2. The third-order valence-electron chi connectivity index (χ3n) is 3.11. The van der Waals surface area contributed by atoms with Crippen LogP contribution in [0.5, 0.6) is 0 Å². The predicted molar refractivity (Wildman–Crippen MR) is 63.8 cm³/mol. The van der Waals surface area contributed by atoms with Crippen molar-refractivity contribution in [2.75, 3.05) is 32.9 Å². The number of anilines is 1. The molecule has 5 heteroatoms. The lowest BCUT2D eigenvalue weighted by molar-refractivity contribution is 0.229. The van der Waals surface area contributed by atoms with Crippen molar-refractivity contribution in [3.63, 3.8) is 0 Å². The van der Waals surface area contributed by atoms with Crippen LogP contribution in [0.25, 0.3) is 0 Å². The van der Waals surface area contributed by atoms with Crippen molar-refractivity contribution in [1.82, 2.24) is 19.8 Å². The number of nitrogens with two attached hydrogens (primary N) is 1. The Morgan fingerprint density at radius 2 is 2.44 bits per heavy atom. The molecule has 0 radical (unpaired) electrons. The van der Waals surface area contributed by atoms with Gasteiger partial charge in [-0.1, -0.05) is 0 Å². The maximum Gasteiger partial charge on any atom is 0.144 e. The lowest BCUT2D eigenvalue weighted by Crippen LogP contribution is -2.33. The number of likely N-dealkylation sites (tertiary alicyclic amines) is 1. The van der Waals surface area contributed by atoms with Crippen LogP contribution in [-0.2, 0) is 6.54 Å². The van der Waals surface area contributed by atoms with Gasteiger partial charge in [-0.15, -0.1) is 0 Å². The minimum Gasteiger partial charge on any atom is -0.384 e. The lowest BCUT2D eigenvalue weighted by atomic mass is 10.2. The van der Waals surface area contributed by atoms with Gasteiger partial charge in [0, 0.05) is 18.8 Å². The average Bonchev–Trinajstić information content (AvgIpc) is 2.65. The fourth-order valence-corrected chi connectivity index (χ4v) is 2.11. The van der Waals surface area contributed by atoms with Gasteiger partial charge in [-0.3, -0.25) is 4.90 Å². The Bertz CT molecular complexity index is 354. The van der Waals surface area contributed by atoms with E-state index < -0.39 is 0 Å². The number of nitrogens with zero attached hydrogens (tertiary/aromatic N) is 4. The summed E-state index contributed by atoms with van der Waals surface area (Å²) < 4.78 is 0. The number of nitrogen functional groups attached to an aromatic ring is 1. The lowest BCUT2D eigenvalue weighted by Gasteiger charge is -2.23. The Morgan fingerprint density at radius 3 is 3.06 bits per heavy atom. The quantitative estimate of drug-likeness (QED) is 0.790. The van der Waals surface area contributed by atoms with Gasteiger partial charge in [-0.05, 0) is 33.1 Å². The molecule has 2 rings (SSSR count). The topological polar surface area (TPSA) is 58.3 Å². The van der Waals surface area contributed by atoms with Gasteiger partial charge in [0.2, 0.25) is 0 Å². The summed E-state index contributed by atoms with van der Waals surface area (Å²) in [7, 11) is 4.28. The fraction of sp³-hybridized carbons (Fsp3) is 0.636. The molecule has 0 bridgehead atoms. The van der Waals surface area contributed by atoms with E-state index >= 15 is 0 Å². The molecule has 2 heterocycles. The fourth-order valence-electron chi connectivity index (χ4n) is 2.11. The zero-order valence-corrected chi connectivity index (χ0v) is 9.93. The Kier molecular flexibility index (Phi) is 3.36. The molecule has 1 aliphatic rings. The van der Waals surface area contributed by atoms with E-state index in [4.69, 9.17) is 5.73 Å². The first-order valence-corrected chi connectivity index (χ1v) is 5.61. The zero-order chi connectivity index (χ0) is 11.5. The Hall–Kier alpha value is -1.20. The van der Waals surface area contributed by atoms with Crippen LogP contribution in [0.3, 0.4) is 0 Å². The summed E-state index contributed by atoms with van der Waals surface area (Å²) >= 11 is 0. The second-order valence-electron chi connectivity index (χ2n) is 4.52. The van der Waals surface area contributed by atoms with Gasteiger partial charge < -0.3 is 10.6 Å². The summed E-state index contributed by atoms with van der Waals surface area (Å²) in [5.41, 5.74) is 5.63. The van der Waals surface area contributed by atoms with Gasteiger partial charge >= 0.3 is 0 Å². The number of hydrogen-bond donors (Lipinski definition) is 1. The maximum atomic E-state index is 5.63. The second-order valence-corrected chi connectivity index (χ2v) is 4.52. The molecular weight excluding hydrogens is 202 g/mol.